The molecule has 0 bridgehead atoms. The smallest absolute Gasteiger partial charge is 0.255 e. The average molecular weight is 370 g/mol. The van der Waals surface area contributed by atoms with Crippen molar-refractivity contribution in [3.8, 4) is 0 Å². The molecule has 0 saturated carbocycles. The number of anilines is 2. The van der Waals surface area contributed by atoms with Crippen LogP contribution in [0.5, 0.6) is 0 Å². The predicted molar refractivity (Wildman–Crippen MR) is 113 cm³/mol. The van der Waals surface area contributed by atoms with Gasteiger partial charge in [0, 0.05) is 23.4 Å². The molecule has 0 spiro atoms. The fraction of sp³-hybridized carbons (Fsp3) is 0.130. The minimum atomic E-state index is -0.171. The molecule has 3 aromatic carbocycles. The number of carbonyl (C=O) groups is 1. The van der Waals surface area contributed by atoms with Crippen LogP contribution >= 0.6 is 0 Å². The highest BCUT2D eigenvalue weighted by Gasteiger charge is 2.12. The van der Waals surface area contributed by atoms with E-state index >= 15 is 0 Å². The highest BCUT2D eigenvalue weighted by Crippen LogP contribution is 2.22. The molecule has 140 valence electrons. The van der Waals surface area contributed by atoms with Gasteiger partial charge < -0.3 is 11.1 Å². The first-order valence-electron chi connectivity index (χ1n) is 9.28. The largest absolute Gasteiger partial charge is 0.397 e. The molecule has 28 heavy (non-hydrogen) atoms. The molecule has 0 radical (unpaired) electrons. The van der Waals surface area contributed by atoms with E-state index < -0.39 is 0 Å². The molecule has 3 N–H and O–H groups in total. The quantitative estimate of drug-likeness (QED) is 0.501. The van der Waals surface area contributed by atoms with Crippen LogP contribution in [-0.2, 0) is 6.54 Å². The Labute approximate surface area is 163 Å². The van der Waals surface area contributed by atoms with Crippen molar-refractivity contribution in [1.29, 1.82) is 0 Å². The maximum atomic E-state index is 12.5. The van der Waals surface area contributed by atoms with Crippen LogP contribution in [0.4, 0.5) is 11.4 Å². The van der Waals surface area contributed by atoms with Crippen LogP contribution in [0.1, 0.15) is 28.8 Å². The van der Waals surface area contributed by atoms with E-state index in [9.17, 15) is 4.79 Å². The minimum absolute atomic E-state index is 0.171. The van der Waals surface area contributed by atoms with E-state index in [4.69, 9.17) is 5.73 Å². The summed E-state index contributed by atoms with van der Waals surface area (Å²) in [5.41, 5.74) is 9.95. The van der Waals surface area contributed by atoms with Crippen LogP contribution in [-0.4, -0.2) is 15.7 Å². The number of benzene rings is 3. The predicted octanol–water partition coefficient (Wildman–Crippen LogP) is 4.67. The molecule has 5 heteroatoms. The maximum Gasteiger partial charge on any atom is 0.255 e. The highest BCUT2D eigenvalue weighted by molar-refractivity contribution is 6.05. The molecule has 4 aromatic rings. The number of para-hydroxylation sites is 3. The van der Waals surface area contributed by atoms with Crippen molar-refractivity contribution in [3.05, 3.63) is 90.1 Å². The Balaban J connectivity index is 1.46. The normalized spacial score (nSPS) is 12.0. The van der Waals surface area contributed by atoms with Gasteiger partial charge in [-0.15, -0.1) is 0 Å². The van der Waals surface area contributed by atoms with Crippen LogP contribution in [0.2, 0.25) is 0 Å². The third-order valence-electron chi connectivity index (χ3n) is 4.95. The lowest BCUT2D eigenvalue weighted by Crippen LogP contribution is -2.13. The number of rotatable bonds is 5. The van der Waals surface area contributed by atoms with E-state index in [1.807, 2.05) is 59.4 Å². The number of carbonyl (C=O) groups excluding carboxylic acids is 1. The molecule has 4 rings (SSSR count). The van der Waals surface area contributed by atoms with Crippen LogP contribution in [0, 0.1) is 0 Å². The van der Waals surface area contributed by atoms with Crippen molar-refractivity contribution in [2.45, 2.75) is 19.4 Å². The van der Waals surface area contributed by atoms with Crippen molar-refractivity contribution in [2.24, 2.45) is 0 Å². The molecule has 0 aliphatic heterocycles. The van der Waals surface area contributed by atoms with Gasteiger partial charge in [-0.2, -0.15) is 5.10 Å². The van der Waals surface area contributed by atoms with Crippen molar-refractivity contribution in [3.63, 3.8) is 0 Å². The molecule has 1 heterocycles. The first-order chi connectivity index (χ1) is 13.6. The molecule has 1 amide bonds. The number of amides is 1. The van der Waals surface area contributed by atoms with Crippen LogP contribution in [0.3, 0.4) is 0 Å². The molecule has 5 nitrogen and oxygen atoms in total. The second-order valence-corrected chi connectivity index (χ2v) is 6.95. The van der Waals surface area contributed by atoms with E-state index in [2.05, 4.69) is 29.5 Å². The van der Waals surface area contributed by atoms with Crippen molar-refractivity contribution >= 4 is 28.2 Å². The Morgan fingerprint density at radius 1 is 1.04 bits per heavy atom. The zero-order valence-electron chi connectivity index (χ0n) is 15.7. The molecule has 0 fully saturated rings. The van der Waals surface area contributed by atoms with Gasteiger partial charge in [0.25, 0.3) is 5.91 Å². The second-order valence-electron chi connectivity index (χ2n) is 6.95. The lowest BCUT2D eigenvalue weighted by Gasteiger charge is -2.14. The number of nitrogen functional groups attached to an aromatic ring is 1. The van der Waals surface area contributed by atoms with Gasteiger partial charge >= 0.3 is 0 Å². The monoisotopic (exact) mass is 370 g/mol. The van der Waals surface area contributed by atoms with Gasteiger partial charge in [-0.1, -0.05) is 49.4 Å². The summed E-state index contributed by atoms with van der Waals surface area (Å²) < 4.78 is 2.03. The molecule has 1 unspecified atom stereocenters. The van der Waals surface area contributed by atoms with E-state index in [1.165, 1.54) is 0 Å². The molecule has 1 atom stereocenters. The lowest BCUT2D eigenvalue weighted by atomic mass is 9.99. The summed E-state index contributed by atoms with van der Waals surface area (Å²) in [5, 5.41) is 8.50. The number of fused-ring (bicyclic) bond motifs is 1. The summed E-state index contributed by atoms with van der Waals surface area (Å²) in [6, 6.07) is 23.1. The Morgan fingerprint density at radius 2 is 1.75 bits per heavy atom. The molecule has 0 aliphatic carbocycles. The summed E-state index contributed by atoms with van der Waals surface area (Å²) in [5.74, 6) is 0.0976. The number of hydrogen-bond acceptors (Lipinski definition) is 3. The van der Waals surface area contributed by atoms with E-state index in [1.54, 1.807) is 12.1 Å². The fourth-order valence-corrected chi connectivity index (χ4v) is 3.30. The second kappa shape index (κ2) is 7.56. The zero-order chi connectivity index (χ0) is 19.5. The minimum Gasteiger partial charge on any atom is -0.397 e. The number of aromatic nitrogens is 2. The highest BCUT2D eigenvalue weighted by atomic mass is 16.1. The summed E-state index contributed by atoms with van der Waals surface area (Å²) in [6.07, 6.45) is 1.89. The van der Waals surface area contributed by atoms with Gasteiger partial charge in [-0.25, -0.2) is 0 Å². The SMILES string of the molecule is CC(Cn1ncc2ccccc21)c1ccc(C(=O)Nc2ccccc2N)cc1. The van der Waals surface area contributed by atoms with Gasteiger partial charge in [0.15, 0.2) is 0 Å². The molecular formula is C23H22N4O. The van der Waals surface area contributed by atoms with Crippen molar-refractivity contribution in [1.82, 2.24) is 9.78 Å². The van der Waals surface area contributed by atoms with E-state index in [-0.39, 0.29) is 11.8 Å². The van der Waals surface area contributed by atoms with Gasteiger partial charge in [-0.05, 0) is 35.9 Å². The summed E-state index contributed by atoms with van der Waals surface area (Å²) in [6.45, 7) is 2.94. The maximum absolute atomic E-state index is 12.5. The Kier molecular flexibility index (Phi) is 4.81. The number of hydrogen-bond donors (Lipinski definition) is 2. The molecule has 0 saturated heterocycles. The Bertz CT molecular complexity index is 1110. The summed E-state index contributed by atoms with van der Waals surface area (Å²) in [7, 11) is 0. The number of nitrogens with one attached hydrogen (secondary N) is 1. The van der Waals surface area contributed by atoms with E-state index in [0.717, 1.165) is 23.0 Å². The van der Waals surface area contributed by atoms with Gasteiger partial charge in [0.2, 0.25) is 0 Å². The molecular weight excluding hydrogens is 348 g/mol. The third kappa shape index (κ3) is 3.60. The van der Waals surface area contributed by atoms with Gasteiger partial charge in [0.05, 0.1) is 23.1 Å². The first kappa shape index (κ1) is 17.8. The third-order valence-corrected chi connectivity index (χ3v) is 4.95. The Morgan fingerprint density at radius 3 is 2.54 bits per heavy atom. The van der Waals surface area contributed by atoms with Crippen LogP contribution < -0.4 is 11.1 Å². The topological polar surface area (TPSA) is 72.9 Å². The lowest BCUT2D eigenvalue weighted by molar-refractivity contribution is 0.102. The Hall–Kier alpha value is -3.60. The molecule has 1 aromatic heterocycles. The standard InChI is InChI=1S/C23H22N4O/c1-16(15-27-22-9-5-2-6-19(22)14-25-27)17-10-12-18(13-11-17)23(28)26-21-8-4-3-7-20(21)24/h2-14,16H,15,24H2,1H3,(H,26,28). The summed E-state index contributed by atoms with van der Waals surface area (Å²) in [4.78, 5) is 12.5. The van der Waals surface area contributed by atoms with Gasteiger partial charge in [-0.3, -0.25) is 9.48 Å². The summed E-state index contributed by atoms with van der Waals surface area (Å²) >= 11 is 0. The van der Waals surface area contributed by atoms with Gasteiger partial charge in [0.1, 0.15) is 0 Å². The van der Waals surface area contributed by atoms with E-state index in [0.29, 0.717) is 16.9 Å². The van der Waals surface area contributed by atoms with Crippen LogP contribution in [0.15, 0.2) is 79.0 Å². The number of nitrogens with zero attached hydrogens (tertiary/aromatic N) is 2. The van der Waals surface area contributed by atoms with Crippen molar-refractivity contribution < 1.29 is 4.79 Å². The fourth-order valence-electron chi connectivity index (χ4n) is 3.30. The van der Waals surface area contributed by atoms with Crippen molar-refractivity contribution in [2.75, 3.05) is 11.1 Å². The first-order valence-corrected chi connectivity index (χ1v) is 9.28. The number of nitrogens with two attached hydrogens (primary N) is 1. The van der Waals surface area contributed by atoms with Crippen LogP contribution in [0.25, 0.3) is 10.9 Å². The molecule has 0 aliphatic rings. The average Bonchev–Trinajstić information content (AvgIpc) is 3.13. The zero-order valence-corrected chi connectivity index (χ0v) is 15.7.